The van der Waals surface area contributed by atoms with Gasteiger partial charge < -0.3 is 5.32 Å². The SMILES string of the molecule is CCCNC(C)CS(=O)c1ccc2ccccc2c1. The summed E-state index contributed by atoms with van der Waals surface area (Å²) >= 11 is 0. The fraction of sp³-hybridized carbons (Fsp3) is 0.375. The largest absolute Gasteiger partial charge is 0.313 e. The zero-order chi connectivity index (χ0) is 13.7. The van der Waals surface area contributed by atoms with Gasteiger partial charge in [0.25, 0.3) is 0 Å². The number of hydrogen-bond acceptors (Lipinski definition) is 2. The molecule has 0 fully saturated rings. The molecule has 2 nitrogen and oxygen atoms in total. The molecule has 3 heteroatoms. The molecule has 2 rings (SSSR count). The highest BCUT2D eigenvalue weighted by Gasteiger charge is 2.09. The zero-order valence-electron chi connectivity index (χ0n) is 11.6. The van der Waals surface area contributed by atoms with Crippen LogP contribution < -0.4 is 5.32 Å². The first-order valence-corrected chi connectivity index (χ1v) is 8.13. The van der Waals surface area contributed by atoms with E-state index in [9.17, 15) is 4.21 Å². The summed E-state index contributed by atoms with van der Waals surface area (Å²) in [7, 11) is -0.935. The fourth-order valence-electron chi connectivity index (χ4n) is 2.08. The fourth-order valence-corrected chi connectivity index (χ4v) is 3.32. The minimum Gasteiger partial charge on any atom is -0.313 e. The highest BCUT2D eigenvalue weighted by Crippen LogP contribution is 2.18. The number of rotatable bonds is 6. The lowest BCUT2D eigenvalue weighted by Gasteiger charge is -2.13. The Labute approximate surface area is 117 Å². The van der Waals surface area contributed by atoms with Gasteiger partial charge >= 0.3 is 0 Å². The Morgan fingerprint density at radius 1 is 1.16 bits per heavy atom. The summed E-state index contributed by atoms with van der Waals surface area (Å²) < 4.78 is 12.3. The van der Waals surface area contributed by atoms with Crippen LogP contribution in [0.2, 0.25) is 0 Å². The van der Waals surface area contributed by atoms with Gasteiger partial charge in [0.2, 0.25) is 0 Å². The van der Waals surface area contributed by atoms with Gasteiger partial charge in [0.15, 0.2) is 0 Å². The standard InChI is InChI=1S/C16H21NOS/c1-3-10-17-13(2)12-19(18)16-9-8-14-6-4-5-7-15(14)11-16/h4-9,11,13,17H,3,10,12H2,1-2H3. The summed E-state index contributed by atoms with van der Waals surface area (Å²) in [4.78, 5) is 0.920. The monoisotopic (exact) mass is 275 g/mol. The van der Waals surface area contributed by atoms with Crippen molar-refractivity contribution in [2.75, 3.05) is 12.3 Å². The number of nitrogens with one attached hydrogen (secondary N) is 1. The van der Waals surface area contributed by atoms with Gasteiger partial charge in [0, 0.05) is 16.7 Å². The van der Waals surface area contributed by atoms with Gasteiger partial charge in [0.05, 0.1) is 10.8 Å². The molecule has 1 N–H and O–H groups in total. The van der Waals surface area contributed by atoms with Crippen molar-refractivity contribution in [1.82, 2.24) is 5.32 Å². The first-order chi connectivity index (χ1) is 9.20. The Morgan fingerprint density at radius 2 is 1.89 bits per heavy atom. The van der Waals surface area contributed by atoms with Gasteiger partial charge in [-0.25, -0.2) is 0 Å². The van der Waals surface area contributed by atoms with Gasteiger partial charge in [-0.1, -0.05) is 37.3 Å². The van der Waals surface area contributed by atoms with E-state index in [0.717, 1.165) is 23.2 Å². The molecule has 19 heavy (non-hydrogen) atoms. The van der Waals surface area contributed by atoms with Gasteiger partial charge in [-0.15, -0.1) is 0 Å². The first kappa shape index (κ1) is 14.2. The van der Waals surface area contributed by atoms with Gasteiger partial charge in [0.1, 0.15) is 0 Å². The summed E-state index contributed by atoms with van der Waals surface area (Å²) in [5.74, 6) is 0.665. The number of hydrogen-bond donors (Lipinski definition) is 1. The molecule has 2 atom stereocenters. The summed E-state index contributed by atoms with van der Waals surface area (Å²) in [6, 6.07) is 14.5. The van der Waals surface area contributed by atoms with Crippen LogP contribution in [-0.2, 0) is 10.8 Å². The van der Waals surface area contributed by atoms with Crippen molar-refractivity contribution < 1.29 is 4.21 Å². The maximum atomic E-state index is 12.3. The van der Waals surface area contributed by atoms with Crippen LogP contribution in [-0.4, -0.2) is 22.5 Å². The Morgan fingerprint density at radius 3 is 2.63 bits per heavy atom. The van der Waals surface area contributed by atoms with E-state index in [-0.39, 0.29) is 6.04 Å². The lowest BCUT2D eigenvalue weighted by Crippen LogP contribution is -2.31. The molecule has 2 aromatic carbocycles. The number of benzene rings is 2. The van der Waals surface area contributed by atoms with Crippen LogP contribution in [0.5, 0.6) is 0 Å². The topological polar surface area (TPSA) is 29.1 Å². The van der Waals surface area contributed by atoms with Gasteiger partial charge in [-0.3, -0.25) is 4.21 Å². The quantitative estimate of drug-likeness (QED) is 0.876. The van der Waals surface area contributed by atoms with Crippen LogP contribution >= 0.6 is 0 Å². The minimum absolute atomic E-state index is 0.284. The molecule has 0 heterocycles. The average molecular weight is 275 g/mol. The van der Waals surface area contributed by atoms with E-state index in [4.69, 9.17) is 0 Å². The highest BCUT2D eigenvalue weighted by molar-refractivity contribution is 7.85. The summed E-state index contributed by atoms with van der Waals surface area (Å²) in [6.07, 6.45) is 1.10. The third-order valence-corrected chi connectivity index (χ3v) is 4.71. The molecule has 0 aliphatic carbocycles. The third kappa shape index (κ3) is 3.88. The Bertz CT molecular complexity index is 567. The molecule has 2 aromatic rings. The molecule has 0 spiro atoms. The van der Waals surface area contributed by atoms with Gasteiger partial charge in [-0.2, -0.15) is 0 Å². The van der Waals surface area contributed by atoms with Crippen molar-refractivity contribution in [3.8, 4) is 0 Å². The van der Waals surface area contributed by atoms with Crippen molar-refractivity contribution in [2.24, 2.45) is 0 Å². The van der Waals surface area contributed by atoms with Gasteiger partial charge in [-0.05, 0) is 42.8 Å². The van der Waals surface area contributed by atoms with E-state index in [2.05, 4.69) is 31.3 Å². The maximum Gasteiger partial charge on any atom is 0.0545 e. The molecular formula is C16H21NOS. The molecule has 102 valence electrons. The molecule has 0 bridgehead atoms. The van der Waals surface area contributed by atoms with Crippen LogP contribution in [0, 0.1) is 0 Å². The van der Waals surface area contributed by atoms with Crippen LogP contribution in [0.25, 0.3) is 10.8 Å². The predicted octanol–water partition coefficient (Wildman–Crippen LogP) is 3.34. The van der Waals surface area contributed by atoms with E-state index in [0.29, 0.717) is 5.75 Å². The Hall–Kier alpha value is -1.19. The van der Waals surface area contributed by atoms with Crippen molar-refractivity contribution >= 4 is 21.6 Å². The minimum atomic E-state index is -0.935. The Balaban J connectivity index is 2.08. The summed E-state index contributed by atoms with van der Waals surface area (Å²) in [5.41, 5.74) is 0. The molecule has 0 aliphatic rings. The second-order valence-electron chi connectivity index (χ2n) is 4.88. The zero-order valence-corrected chi connectivity index (χ0v) is 12.4. The van der Waals surface area contributed by atoms with E-state index in [1.54, 1.807) is 0 Å². The van der Waals surface area contributed by atoms with Crippen LogP contribution in [0.15, 0.2) is 47.4 Å². The molecule has 0 saturated heterocycles. The average Bonchev–Trinajstić information content (AvgIpc) is 2.44. The maximum absolute atomic E-state index is 12.3. The number of fused-ring (bicyclic) bond motifs is 1. The molecule has 0 amide bonds. The molecule has 0 aliphatic heterocycles. The molecule has 0 aromatic heterocycles. The summed E-state index contributed by atoms with van der Waals surface area (Å²) in [5, 5.41) is 5.73. The second kappa shape index (κ2) is 6.83. The van der Waals surface area contributed by atoms with Crippen LogP contribution in [0.1, 0.15) is 20.3 Å². The third-order valence-electron chi connectivity index (χ3n) is 3.13. The van der Waals surface area contributed by atoms with Crippen molar-refractivity contribution in [3.63, 3.8) is 0 Å². The molecule has 2 unspecified atom stereocenters. The molecular weight excluding hydrogens is 254 g/mol. The van der Waals surface area contributed by atoms with E-state index >= 15 is 0 Å². The lowest BCUT2D eigenvalue weighted by atomic mass is 10.1. The molecule has 0 saturated carbocycles. The second-order valence-corrected chi connectivity index (χ2v) is 6.37. The predicted molar refractivity (Wildman–Crippen MR) is 83.0 cm³/mol. The van der Waals surface area contributed by atoms with Crippen molar-refractivity contribution in [2.45, 2.75) is 31.2 Å². The van der Waals surface area contributed by atoms with Crippen LogP contribution in [0.4, 0.5) is 0 Å². The van der Waals surface area contributed by atoms with Crippen LogP contribution in [0.3, 0.4) is 0 Å². The lowest BCUT2D eigenvalue weighted by molar-refractivity contribution is 0.582. The Kier molecular flexibility index (Phi) is 5.11. The normalized spacial score (nSPS) is 14.4. The smallest absolute Gasteiger partial charge is 0.0545 e. The molecule has 0 radical (unpaired) electrons. The van der Waals surface area contributed by atoms with E-state index < -0.39 is 10.8 Å². The summed E-state index contributed by atoms with van der Waals surface area (Å²) in [6.45, 7) is 5.21. The van der Waals surface area contributed by atoms with Crippen molar-refractivity contribution in [3.05, 3.63) is 42.5 Å². The first-order valence-electron chi connectivity index (χ1n) is 6.81. The van der Waals surface area contributed by atoms with E-state index in [1.807, 2.05) is 30.3 Å². The highest BCUT2D eigenvalue weighted by atomic mass is 32.2. The van der Waals surface area contributed by atoms with Crippen molar-refractivity contribution in [1.29, 1.82) is 0 Å². The van der Waals surface area contributed by atoms with E-state index in [1.165, 1.54) is 5.39 Å².